The molecule has 2 aromatic rings. The number of hydrogen-bond acceptors (Lipinski definition) is 2. The summed E-state index contributed by atoms with van der Waals surface area (Å²) in [4.78, 5) is 0. The molecule has 2 rings (SSSR count). The molecule has 2 heteroatoms. The molecule has 0 N–H and O–H groups in total. The van der Waals surface area contributed by atoms with Crippen LogP contribution < -0.4 is 4.74 Å². The lowest BCUT2D eigenvalue weighted by Gasteiger charge is -2.02. The Bertz CT molecular complexity index is 378. The molecule has 0 unspecified atom stereocenters. The van der Waals surface area contributed by atoms with Crippen molar-refractivity contribution in [3.05, 3.63) is 29.6 Å². The fourth-order valence-corrected chi connectivity index (χ4v) is 1.91. The van der Waals surface area contributed by atoms with E-state index < -0.39 is 0 Å². The second kappa shape index (κ2) is 3.15. The van der Waals surface area contributed by atoms with Crippen LogP contribution in [0.15, 0.2) is 24.3 Å². The van der Waals surface area contributed by atoms with Gasteiger partial charge in [-0.2, -0.15) is 0 Å². The second-order valence-corrected chi connectivity index (χ2v) is 3.34. The highest BCUT2D eigenvalue weighted by Crippen LogP contribution is 2.28. The summed E-state index contributed by atoms with van der Waals surface area (Å²) >= 11 is 1.62. The molecule has 61 valence electrons. The third-order valence-electron chi connectivity index (χ3n) is 1.70. The van der Waals surface area contributed by atoms with Crippen LogP contribution in [-0.4, -0.2) is 6.61 Å². The Morgan fingerprint density at radius 2 is 2.42 bits per heavy atom. The molecule has 0 aliphatic carbocycles. The SMILES string of the molecule is CCOc1cccc2s[c]cc12. The van der Waals surface area contributed by atoms with Gasteiger partial charge < -0.3 is 4.74 Å². The summed E-state index contributed by atoms with van der Waals surface area (Å²) in [5.74, 6) is 0.965. The van der Waals surface area contributed by atoms with Crippen molar-refractivity contribution >= 4 is 21.4 Å². The van der Waals surface area contributed by atoms with E-state index in [0.717, 1.165) is 12.4 Å². The predicted octanol–water partition coefficient (Wildman–Crippen LogP) is 3.10. The van der Waals surface area contributed by atoms with Crippen molar-refractivity contribution in [2.75, 3.05) is 6.61 Å². The van der Waals surface area contributed by atoms with Crippen LogP contribution in [0.4, 0.5) is 0 Å². The summed E-state index contributed by atoms with van der Waals surface area (Å²) in [5, 5.41) is 4.27. The molecule has 1 heterocycles. The van der Waals surface area contributed by atoms with Crippen molar-refractivity contribution in [3.8, 4) is 5.75 Å². The molecule has 0 fully saturated rings. The average molecular weight is 177 g/mol. The quantitative estimate of drug-likeness (QED) is 0.685. The van der Waals surface area contributed by atoms with E-state index in [1.54, 1.807) is 11.3 Å². The maximum absolute atomic E-state index is 5.46. The third-order valence-corrected chi connectivity index (χ3v) is 2.51. The molecule has 0 spiro atoms. The molecule has 0 saturated carbocycles. The van der Waals surface area contributed by atoms with E-state index in [1.165, 1.54) is 10.1 Å². The molecular formula is C10H9OS. The molecule has 0 bridgehead atoms. The first-order valence-corrected chi connectivity index (χ1v) is 4.75. The maximum atomic E-state index is 5.46. The summed E-state index contributed by atoms with van der Waals surface area (Å²) < 4.78 is 6.70. The second-order valence-electron chi connectivity index (χ2n) is 2.47. The summed E-state index contributed by atoms with van der Waals surface area (Å²) in [5.41, 5.74) is 0. The molecule has 1 nitrogen and oxygen atoms in total. The minimum absolute atomic E-state index is 0.717. The van der Waals surface area contributed by atoms with Crippen molar-refractivity contribution in [3.63, 3.8) is 0 Å². The van der Waals surface area contributed by atoms with Crippen LogP contribution in [-0.2, 0) is 0 Å². The van der Waals surface area contributed by atoms with Crippen LogP contribution in [0.2, 0.25) is 0 Å². The molecule has 1 aromatic heterocycles. The van der Waals surface area contributed by atoms with Gasteiger partial charge in [0.25, 0.3) is 0 Å². The number of hydrogen-bond donors (Lipinski definition) is 0. The van der Waals surface area contributed by atoms with Gasteiger partial charge in [-0.05, 0) is 25.1 Å². The Hall–Kier alpha value is -1.02. The number of ether oxygens (including phenoxy) is 1. The van der Waals surface area contributed by atoms with Gasteiger partial charge in [0.2, 0.25) is 0 Å². The fourth-order valence-electron chi connectivity index (χ4n) is 1.19. The minimum Gasteiger partial charge on any atom is -0.493 e. The normalized spacial score (nSPS) is 10.4. The van der Waals surface area contributed by atoms with E-state index in [1.807, 2.05) is 25.1 Å². The molecule has 0 atom stereocenters. The largest absolute Gasteiger partial charge is 0.493 e. The van der Waals surface area contributed by atoms with Crippen LogP contribution in [0.1, 0.15) is 6.92 Å². The number of benzene rings is 1. The van der Waals surface area contributed by atoms with Gasteiger partial charge in [-0.25, -0.2) is 0 Å². The van der Waals surface area contributed by atoms with Crippen molar-refractivity contribution < 1.29 is 4.74 Å². The van der Waals surface area contributed by atoms with Crippen LogP contribution in [0, 0.1) is 5.38 Å². The lowest BCUT2D eigenvalue weighted by molar-refractivity contribution is 0.344. The summed E-state index contributed by atoms with van der Waals surface area (Å²) in [6, 6.07) is 8.06. The van der Waals surface area contributed by atoms with Crippen molar-refractivity contribution in [1.29, 1.82) is 0 Å². The summed E-state index contributed by atoms with van der Waals surface area (Å²) in [6.07, 6.45) is 0. The fraction of sp³-hybridized carbons (Fsp3) is 0.200. The van der Waals surface area contributed by atoms with Crippen LogP contribution in [0.3, 0.4) is 0 Å². The topological polar surface area (TPSA) is 9.23 Å². The Morgan fingerprint density at radius 1 is 1.50 bits per heavy atom. The lowest BCUT2D eigenvalue weighted by atomic mass is 10.2. The molecular weight excluding hydrogens is 168 g/mol. The van der Waals surface area contributed by atoms with E-state index in [9.17, 15) is 0 Å². The van der Waals surface area contributed by atoms with Crippen molar-refractivity contribution in [2.24, 2.45) is 0 Å². The van der Waals surface area contributed by atoms with Gasteiger partial charge in [0, 0.05) is 15.5 Å². The van der Waals surface area contributed by atoms with Gasteiger partial charge in [-0.1, -0.05) is 6.07 Å². The highest BCUT2D eigenvalue weighted by atomic mass is 32.1. The zero-order valence-corrected chi connectivity index (χ0v) is 7.65. The summed E-state index contributed by atoms with van der Waals surface area (Å²) in [6.45, 7) is 2.71. The highest BCUT2D eigenvalue weighted by Gasteiger charge is 2.00. The monoisotopic (exact) mass is 177 g/mol. The van der Waals surface area contributed by atoms with E-state index in [-0.39, 0.29) is 0 Å². The molecule has 0 saturated heterocycles. The zero-order chi connectivity index (χ0) is 8.39. The average Bonchev–Trinajstić information content (AvgIpc) is 2.53. The Kier molecular flexibility index (Phi) is 2.00. The number of rotatable bonds is 2. The first-order chi connectivity index (χ1) is 5.92. The first-order valence-electron chi connectivity index (χ1n) is 3.93. The standard InChI is InChI=1S/C10H9OS/c1-2-11-9-4-3-5-10-8(9)6-7-12-10/h3-6H,2H2,1H3. The summed E-state index contributed by atoms with van der Waals surface area (Å²) in [7, 11) is 0. The minimum atomic E-state index is 0.717. The zero-order valence-electron chi connectivity index (χ0n) is 6.83. The molecule has 0 aliphatic heterocycles. The Labute approximate surface area is 75.6 Å². The van der Waals surface area contributed by atoms with E-state index in [4.69, 9.17) is 4.74 Å². The van der Waals surface area contributed by atoms with Gasteiger partial charge in [0.05, 0.1) is 6.61 Å². The number of thiophene rings is 1. The lowest BCUT2D eigenvalue weighted by Crippen LogP contribution is -1.90. The van der Waals surface area contributed by atoms with Crippen LogP contribution >= 0.6 is 11.3 Å². The maximum Gasteiger partial charge on any atom is 0.127 e. The first kappa shape index (κ1) is 7.62. The van der Waals surface area contributed by atoms with Gasteiger partial charge in [0.15, 0.2) is 0 Å². The smallest absolute Gasteiger partial charge is 0.127 e. The molecule has 12 heavy (non-hydrogen) atoms. The Balaban J connectivity index is 2.57. The molecule has 0 aliphatic rings. The van der Waals surface area contributed by atoms with Crippen LogP contribution in [0.5, 0.6) is 5.75 Å². The van der Waals surface area contributed by atoms with Gasteiger partial charge in [0.1, 0.15) is 5.75 Å². The van der Waals surface area contributed by atoms with E-state index >= 15 is 0 Å². The van der Waals surface area contributed by atoms with Crippen molar-refractivity contribution in [1.82, 2.24) is 0 Å². The van der Waals surface area contributed by atoms with E-state index in [2.05, 4.69) is 11.4 Å². The van der Waals surface area contributed by atoms with E-state index in [0.29, 0.717) is 0 Å². The van der Waals surface area contributed by atoms with Gasteiger partial charge in [-0.15, -0.1) is 11.3 Å². The third kappa shape index (κ3) is 1.18. The van der Waals surface area contributed by atoms with Crippen LogP contribution in [0.25, 0.3) is 10.1 Å². The molecule has 0 amide bonds. The number of fused-ring (bicyclic) bond motifs is 1. The molecule has 1 aromatic carbocycles. The molecule has 1 radical (unpaired) electrons. The highest BCUT2D eigenvalue weighted by molar-refractivity contribution is 7.16. The predicted molar refractivity (Wildman–Crippen MR) is 51.8 cm³/mol. The van der Waals surface area contributed by atoms with Crippen molar-refractivity contribution in [2.45, 2.75) is 6.92 Å². The Morgan fingerprint density at radius 3 is 3.25 bits per heavy atom. The van der Waals surface area contributed by atoms with Gasteiger partial charge in [-0.3, -0.25) is 0 Å². The van der Waals surface area contributed by atoms with Gasteiger partial charge >= 0.3 is 0 Å².